The van der Waals surface area contributed by atoms with Crippen LogP contribution < -0.4 is 10.2 Å². The number of ether oxygens (including phenoxy) is 1. The molecule has 240 valence electrons. The van der Waals surface area contributed by atoms with E-state index in [1.165, 1.54) is 49.4 Å². The van der Waals surface area contributed by atoms with E-state index in [9.17, 15) is 14.4 Å². The highest BCUT2D eigenvalue weighted by atomic mass is 31.2. The molecule has 2 fully saturated rings. The lowest BCUT2D eigenvalue weighted by Gasteiger charge is -2.51. The minimum Gasteiger partial charge on any atom is -0.481 e. The van der Waals surface area contributed by atoms with E-state index in [1.807, 2.05) is 24.3 Å². The van der Waals surface area contributed by atoms with Crippen molar-refractivity contribution in [3.05, 3.63) is 65.2 Å². The van der Waals surface area contributed by atoms with E-state index in [4.69, 9.17) is 29.9 Å². The van der Waals surface area contributed by atoms with Crippen LogP contribution in [0.25, 0.3) is 0 Å². The Bertz CT molecular complexity index is 1260. The molecule has 44 heavy (non-hydrogen) atoms. The molecule has 0 spiro atoms. The van der Waals surface area contributed by atoms with Gasteiger partial charge in [-0.3, -0.25) is 15.1 Å². The third kappa shape index (κ3) is 9.08. The number of fused-ring (bicyclic) bond motifs is 5. The second-order valence-electron chi connectivity index (χ2n) is 12.3. The first-order valence-electron chi connectivity index (χ1n) is 15.5. The minimum atomic E-state index is -1.72. The highest BCUT2D eigenvalue weighted by molar-refractivity contribution is 7.43. The Labute approximate surface area is 262 Å². The normalized spacial score (nSPS) is 26.1. The molecule has 11 heteroatoms. The van der Waals surface area contributed by atoms with Gasteiger partial charge >= 0.3 is 17.9 Å². The average molecular weight is 646 g/mol. The Morgan fingerprint density at radius 3 is 2.41 bits per heavy atom. The molecule has 5 N–H and O–H groups in total. The molecule has 3 aliphatic rings. The van der Waals surface area contributed by atoms with Crippen molar-refractivity contribution in [3.63, 3.8) is 0 Å². The van der Waals surface area contributed by atoms with Crippen molar-refractivity contribution in [3.8, 4) is 5.75 Å². The molecule has 5 rings (SSSR count). The number of esters is 1. The molecule has 3 aliphatic carbocycles. The van der Waals surface area contributed by atoms with Gasteiger partial charge in [-0.05, 0) is 122 Å². The van der Waals surface area contributed by atoms with E-state index in [-0.39, 0.29) is 25.2 Å². The van der Waals surface area contributed by atoms with Crippen LogP contribution in [-0.4, -0.2) is 51.4 Å². The van der Waals surface area contributed by atoms with Gasteiger partial charge in [0, 0.05) is 12.8 Å². The van der Waals surface area contributed by atoms with E-state index in [2.05, 4.69) is 19.1 Å². The van der Waals surface area contributed by atoms with E-state index in [0.717, 1.165) is 38.9 Å². The molecule has 0 amide bonds. The predicted octanol–water partition coefficient (Wildman–Crippen LogP) is 6.72. The highest BCUT2D eigenvalue weighted by Gasteiger charge is 2.54. The third-order valence-corrected chi connectivity index (χ3v) is 12.2. The van der Waals surface area contributed by atoms with Crippen molar-refractivity contribution in [1.82, 2.24) is 0 Å². The summed E-state index contributed by atoms with van der Waals surface area (Å²) in [6.07, 6.45) is 9.86. The summed E-state index contributed by atoms with van der Waals surface area (Å²) < 4.78 is 10.9. The van der Waals surface area contributed by atoms with Gasteiger partial charge < -0.3 is 24.4 Å². The Morgan fingerprint density at radius 2 is 1.73 bits per heavy atom. The first-order valence-corrected chi connectivity index (χ1v) is 18.1. The van der Waals surface area contributed by atoms with Crippen molar-refractivity contribution in [2.24, 2.45) is 22.8 Å². The van der Waals surface area contributed by atoms with Crippen molar-refractivity contribution < 1.29 is 38.8 Å². The number of rotatable bonds is 12. The van der Waals surface area contributed by atoms with E-state index in [0.29, 0.717) is 29.3 Å². The molecule has 0 aromatic heterocycles. The van der Waals surface area contributed by atoms with Gasteiger partial charge in [-0.1, -0.05) is 31.2 Å². The molecule has 9 nitrogen and oxygen atoms in total. The fourth-order valence-corrected chi connectivity index (χ4v) is 9.80. The topological polar surface area (TPSA) is 156 Å². The first kappa shape index (κ1) is 34.5. The zero-order valence-electron chi connectivity index (χ0n) is 25.3. The first-order chi connectivity index (χ1) is 21.1. The molecule has 7 atom stereocenters. The number of hydrogen-bond acceptors (Lipinski definition) is 7. The maximum absolute atomic E-state index is 12.5. The van der Waals surface area contributed by atoms with Gasteiger partial charge in [0.25, 0.3) is 0 Å². The number of nitrogens with two attached hydrogens (primary N) is 1. The van der Waals surface area contributed by atoms with Gasteiger partial charge in [-0.2, -0.15) is 0 Å². The summed E-state index contributed by atoms with van der Waals surface area (Å²) in [6, 6.07) is 15.5. The fraction of sp³-hybridized carbons (Fsp3) is 0.545. The second kappa shape index (κ2) is 16.2. The number of carbonyl (C=O) groups is 3. The third-order valence-electron chi connectivity index (χ3n) is 9.63. The molecule has 0 radical (unpaired) electrons. The number of carboxylic acid groups (broad SMARTS) is 2. The van der Waals surface area contributed by atoms with Gasteiger partial charge in [-0.25, -0.2) is 4.79 Å². The Kier molecular flexibility index (Phi) is 12.7. The van der Waals surface area contributed by atoms with Gasteiger partial charge in [0.05, 0.1) is 12.2 Å². The molecular formula is C33H45NO8P2. The van der Waals surface area contributed by atoms with Crippen LogP contribution in [0, 0.1) is 17.3 Å². The lowest BCUT2D eigenvalue weighted by molar-refractivity contribution is -0.138. The summed E-state index contributed by atoms with van der Waals surface area (Å²) in [7, 11) is -0.744. The minimum absolute atomic E-state index is 0.0632. The molecule has 7 unspecified atom stereocenters. The van der Waals surface area contributed by atoms with Crippen molar-refractivity contribution in [2.45, 2.75) is 82.7 Å². The van der Waals surface area contributed by atoms with Crippen LogP contribution in [0.1, 0.15) is 92.1 Å². The van der Waals surface area contributed by atoms with Crippen molar-refractivity contribution in [1.29, 1.82) is 0 Å². The number of hydrogen-bond donors (Lipinski definition) is 4. The molecule has 0 heterocycles. The van der Waals surface area contributed by atoms with Gasteiger partial charge in [0.1, 0.15) is 5.75 Å². The van der Waals surface area contributed by atoms with Crippen molar-refractivity contribution in [2.75, 3.05) is 12.8 Å². The fourth-order valence-electron chi connectivity index (χ4n) is 7.60. The lowest BCUT2D eigenvalue weighted by Crippen LogP contribution is -2.43. The van der Waals surface area contributed by atoms with Gasteiger partial charge in [-0.15, -0.1) is 8.58 Å². The highest BCUT2D eigenvalue weighted by Crippen LogP contribution is 2.64. The summed E-state index contributed by atoms with van der Waals surface area (Å²) in [6.45, 7) is 3.15. The van der Waals surface area contributed by atoms with E-state index in [1.54, 1.807) is 12.1 Å². The van der Waals surface area contributed by atoms with Crippen LogP contribution in [0.5, 0.6) is 5.75 Å². The number of aliphatic carboxylic acids is 2. The standard InChI is InChI=1S/C28H37NO4P2.C5H8O4/c1-28-15-14-23-22-11-9-21(33-27(30)19-6-3-2-4-7-19)18-20(22)8-10-24(23)25(28)12-13-26(28)34-17-5-16-32-35(29)31;6-4(7)2-1-3-5(8)9/h2-4,6-7,9,11,18,23-26,31,34H,5,8,10,12-17,29H2,1H3;1-3H2,(H,6,7)(H,8,9). The molecule has 0 saturated heterocycles. The zero-order valence-corrected chi connectivity index (χ0v) is 27.2. The molecule has 2 aromatic carbocycles. The molecule has 2 aromatic rings. The molecule has 0 bridgehead atoms. The van der Waals surface area contributed by atoms with Crippen LogP contribution in [0.15, 0.2) is 48.5 Å². The van der Waals surface area contributed by atoms with Crippen molar-refractivity contribution >= 4 is 35.0 Å². The quantitative estimate of drug-likeness (QED) is 0.0852. The van der Waals surface area contributed by atoms with Crippen LogP contribution in [0.3, 0.4) is 0 Å². The summed E-state index contributed by atoms with van der Waals surface area (Å²) in [5, 5.41) is 16.1. The maximum Gasteiger partial charge on any atom is 0.343 e. The zero-order chi connectivity index (χ0) is 31.7. The Hall–Kier alpha value is -2.41. The summed E-state index contributed by atoms with van der Waals surface area (Å²) >= 11 is 0. The van der Waals surface area contributed by atoms with Crippen LogP contribution in [0.2, 0.25) is 0 Å². The summed E-state index contributed by atoms with van der Waals surface area (Å²) in [4.78, 5) is 41.2. The largest absolute Gasteiger partial charge is 0.481 e. The monoisotopic (exact) mass is 645 g/mol. The van der Waals surface area contributed by atoms with Crippen LogP contribution >= 0.6 is 17.1 Å². The number of carbonyl (C=O) groups excluding carboxylic acids is 1. The van der Waals surface area contributed by atoms with Crippen LogP contribution in [0.4, 0.5) is 0 Å². The van der Waals surface area contributed by atoms with Crippen LogP contribution in [-0.2, 0) is 20.5 Å². The number of aryl methyl sites for hydroxylation is 1. The maximum atomic E-state index is 12.5. The Balaban J connectivity index is 0.000000429. The van der Waals surface area contributed by atoms with Gasteiger partial charge in [0.15, 0.2) is 0 Å². The molecular weight excluding hydrogens is 600 g/mol. The number of carboxylic acids is 2. The molecule has 0 aliphatic heterocycles. The second-order valence-corrected chi connectivity index (χ2v) is 14.8. The smallest absolute Gasteiger partial charge is 0.343 e. The van der Waals surface area contributed by atoms with Gasteiger partial charge in [0.2, 0.25) is 8.53 Å². The summed E-state index contributed by atoms with van der Waals surface area (Å²) in [5.41, 5.74) is 10.1. The SMILES string of the molecule is CC12CCC3c4ccc(OC(=O)c5ccccc5)cc4CCC3C1CCC2PCCCOP(N)O.O=C(O)CCCC(=O)O. The van der Waals surface area contributed by atoms with E-state index < -0.39 is 20.5 Å². The Morgan fingerprint density at radius 1 is 1.00 bits per heavy atom. The predicted molar refractivity (Wildman–Crippen MR) is 172 cm³/mol. The average Bonchev–Trinajstić information content (AvgIpc) is 3.33. The summed E-state index contributed by atoms with van der Waals surface area (Å²) in [5.74, 6) is 0.691. The molecule has 2 saturated carbocycles. The number of benzene rings is 2. The lowest BCUT2D eigenvalue weighted by atomic mass is 9.56. The van der Waals surface area contributed by atoms with E-state index >= 15 is 0 Å².